The third-order valence-electron chi connectivity index (χ3n) is 6.40. The minimum absolute atomic E-state index is 0.112. The lowest BCUT2D eigenvalue weighted by Crippen LogP contribution is -2.32. The van der Waals surface area contributed by atoms with Gasteiger partial charge in [0.15, 0.2) is 11.5 Å². The largest absolute Gasteiger partial charge is 0.493 e. The number of hydrogen-bond acceptors (Lipinski definition) is 7. The maximum Gasteiger partial charge on any atom is 0.294 e. The van der Waals surface area contributed by atoms with Crippen molar-refractivity contribution in [3.05, 3.63) is 71.6 Å². The molecule has 0 radical (unpaired) electrons. The van der Waals surface area contributed by atoms with Crippen LogP contribution in [0, 0.1) is 0 Å². The number of methoxy groups -OCH3 is 1. The maximum atomic E-state index is 13.2. The molecule has 1 aromatic heterocycles. The molecule has 2 amide bonds. The van der Waals surface area contributed by atoms with Crippen LogP contribution in [-0.2, 0) is 0 Å². The third-order valence-corrected chi connectivity index (χ3v) is 6.40. The van der Waals surface area contributed by atoms with Gasteiger partial charge in [0.2, 0.25) is 5.76 Å². The van der Waals surface area contributed by atoms with Gasteiger partial charge in [0.25, 0.3) is 11.8 Å². The van der Waals surface area contributed by atoms with Crippen molar-refractivity contribution in [2.24, 2.45) is 5.10 Å². The Labute approximate surface area is 209 Å². The number of nitrogens with zero attached hydrogens (tertiary/aromatic N) is 3. The molecule has 3 aromatic rings. The van der Waals surface area contributed by atoms with Crippen molar-refractivity contribution in [2.45, 2.75) is 44.6 Å². The van der Waals surface area contributed by atoms with Crippen LogP contribution in [-0.4, -0.2) is 47.5 Å². The van der Waals surface area contributed by atoms with Crippen LogP contribution in [0.4, 0.5) is 5.69 Å². The van der Waals surface area contributed by atoms with E-state index in [-0.39, 0.29) is 17.8 Å². The van der Waals surface area contributed by atoms with Crippen LogP contribution in [0.25, 0.3) is 0 Å². The van der Waals surface area contributed by atoms with E-state index in [1.807, 2.05) is 18.2 Å². The molecule has 2 aliphatic rings. The van der Waals surface area contributed by atoms with Crippen LogP contribution in [0.15, 0.2) is 64.4 Å². The summed E-state index contributed by atoms with van der Waals surface area (Å²) in [6.45, 7) is 0.536. The Kier molecular flexibility index (Phi) is 6.97. The van der Waals surface area contributed by atoms with Crippen LogP contribution in [0.5, 0.6) is 11.5 Å². The molecule has 186 valence electrons. The molecule has 9 nitrogen and oxygen atoms in total. The van der Waals surface area contributed by atoms with Gasteiger partial charge in [0.05, 0.1) is 25.1 Å². The summed E-state index contributed by atoms with van der Waals surface area (Å²) in [4.78, 5) is 25.3. The summed E-state index contributed by atoms with van der Waals surface area (Å²) in [5.41, 5.74) is 2.79. The van der Waals surface area contributed by atoms with E-state index in [2.05, 4.69) is 15.6 Å². The van der Waals surface area contributed by atoms with Crippen molar-refractivity contribution < 1.29 is 23.6 Å². The number of benzene rings is 2. The van der Waals surface area contributed by atoms with Crippen molar-refractivity contribution in [2.75, 3.05) is 19.0 Å². The smallest absolute Gasteiger partial charge is 0.294 e. The number of aromatic nitrogens is 1. The van der Waals surface area contributed by atoms with Crippen molar-refractivity contribution >= 4 is 23.2 Å². The lowest BCUT2D eigenvalue weighted by molar-refractivity contribution is 0.0751. The van der Waals surface area contributed by atoms with Gasteiger partial charge in [0, 0.05) is 29.4 Å². The molecule has 1 fully saturated rings. The van der Waals surface area contributed by atoms with Crippen LogP contribution in [0.1, 0.15) is 65.0 Å². The van der Waals surface area contributed by atoms with Crippen LogP contribution < -0.4 is 14.8 Å². The van der Waals surface area contributed by atoms with Gasteiger partial charge in [-0.3, -0.25) is 9.59 Å². The molecule has 0 unspecified atom stereocenters. The molecule has 0 spiro atoms. The minimum Gasteiger partial charge on any atom is -0.493 e. The summed E-state index contributed by atoms with van der Waals surface area (Å²) in [5, 5.41) is 12.4. The normalized spacial score (nSPS) is 15.9. The molecule has 1 aliphatic heterocycles. The Morgan fingerprint density at radius 1 is 1.03 bits per heavy atom. The number of nitrogens with one attached hydrogen (secondary N) is 1. The van der Waals surface area contributed by atoms with Gasteiger partial charge in [-0.25, -0.2) is 5.01 Å². The van der Waals surface area contributed by atoms with Crippen molar-refractivity contribution in [3.8, 4) is 11.5 Å². The highest BCUT2D eigenvalue weighted by Crippen LogP contribution is 2.33. The first kappa shape index (κ1) is 23.6. The van der Waals surface area contributed by atoms with Gasteiger partial charge in [-0.1, -0.05) is 5.16 Å². The number of rotatable bonds is 7. The quantitative estimate of drug-likeness (QED) is 0.507. The molecule has 2 heterocycles. The summed E-state index contributed by atoms with van der Waals surface area (Å²) in [6, 6.07) is 14.0. The predicted molar refractivity (Wildman–Crippen MR) is 134 cm³/mol. The van der Waals surface area contributed by atoms with Crippen molar-refractivity contribution in [1.29, 1.82) is 0 Å². The Balaban J connectivity index is 1.30. The monoisotopic (exact) mass is 488 g/mol. The summed E-state index contributed by atoms with van der Waals surface area (Å²) >= 11 is 0. The second kappa shape index (κ2) is 10.6. The van der Waals surface area contributed by atoms with Gasteiger partial charge < -0.3 is 19.3 Å². The Morgan fingerprint density at radius 2 is 1.83 bits per heavy atom. The van der Waals surface area contributed by atoms with E-state index in [0.717, 1.165) is 42.7 Å². The first-order valence-corrected chi connectivity index (χ1v) is 12.2. The first-order valence-electron chi connectivity index (χ1n) is 12.2. The summed E-state index contributed by atoms with van der Waals surface area (Å²) in [6.07, 6.45) is 7.67. The van der Waals surface area contributed by atoms with Gasteiger partial charge in [-0.05, 0) is 81.0 Å². The number of ether oxygens (including phenoxy) is 2. The second-order valence-corrected chi connectivity index (χ2v) is 8.88. The fraction of sp³-hybridized carbons (Fsp3) is 0.333. The zero-order valence-corrected chi connectivity index (χ0v) is 20.1. The number of hydrogen-bond donors (Lipinski definition) is 1. The molecule has 36 heavy (non-hydrogen) atoms. The molecule has 9 heteroatoms. The van der Waals surface area contributed by atoms with Crippen LogP contribution in [0.3, 0.4) is 0 Å². The minimum atomic E-state index is -0.410. The van der Waals surface area contributed by atoms with E-state index < -0.39 is 5.91 Å². The highest BCUT2D eigenvalue weighted by molar-refractivity contribution is 6.04. The van der Waals surface area contributed by atoms with E-state index in [4.69, 9.17) is 14.0 Å². The molecule has 1 saturated carbocycles. The zero-order chi connectivity index (χ0) is 24.9. The molecule has 0 bridgehead atoms. The first-order chi connectivity index (χ1) is 17.6. The van der Waals surface area contributed by atoms with E-state index in [9.17, 15) is 9.59 Å². The fourth-order valence-corrected chi connectivity index (χ4v) is 4.50. The fourth-order valence-electron chi connectivity index (χ4n) is 4.50. The van der Waals surface area contributed by atoms with Gasteiger partial charge in [0.1, 0.15) is 0 Å². The number of hydrazone groups is 1. The molecule has 2 aromatic carbocycles. The van der Waals surface area contributed by atoms with Crippen molar-refractivity contribution in [3.63, 3.8) is 0 Å². The Bertz CT molecular complexity index is 1250. The van der Waals surface area contributed by atoms with E-state index >= 15 is 0 Å². The number of anilines is 1. The Hall–Kier alpha value is -4.14. The lowest BCUT2D eigenvalue weighted by atomic mass is 10.0. The highest BCUT2D eigenvalue weighted by Gasteiger charge is 2.23. The average Bonchev–Trinajstić information content (AvgIpc) is 3.64. The molecular formula is C27H28N4O5. The molecule has 1 aliphatic carbocycles. The predicted octanol–water partition coefficient (Wildman–Crippen LogP) is 4.90. The average molecular weight is 489 g/mol. The van der Waals surface area contributed by atoms with E-state index in [0.29, 0.717) is 23.5 Å². The van der Waals surface area contributed by atoms with E-state index in [1.54, 1.807) is 31.4 Å². The summed E-state index contributed by atoms with van der Waals surface area (Å²) < 4.78 is 16.6. The number of carbonyl (C=O) groups is 2. The molecule has 0 saturated heterocycles. The molecular weight excluding hydrogens is 460 g/mol. The molecule has 5 rings (SSSR count). The van der Waals surface area contributed by atoms with Gasteiger partial charge in [-0.2, -0.15) is 5.10 Å². The van der Waals surface area contributed by atoms with Crippen LogP contribution >= 0.6 is 0 Å². The third kappa shape index (κ3) is 5.25. The molecule has 0 atom stereocenters. The zero-order valence-electron chi connectivity index (χ0n) is 20.1. The van der Waals surface area contributed by atoms with Crippen LogP contribution in [0.2, 0.25) is 0 Å². The SMILES string of the molecule is COc1ccc(C2=NN(C(=O)c3ccc(NC(=O)c4ccno4)cc3)CCC2)cc1OC1CCCC1. The standard InChI is InChI=1S/C27H28N4O5/c1-34-23-13-10-19(17-25(23)35-21-5-2-3-6-21)22-7-4-16-31(30-22)27(33)18-8-11-20(12-9-18)29-26(32)24-14-15-28-36-24/h8-15,17,21H,2-7,16H2,1H3,(H,29,32). The highest BCUT2D eigenvalue weighted by atomic mass is 16.5. The van der Waals surface area contributed by atoms with E-state index in [1.165, 1.54) is 30.1 Å². The topological polar surface area (TPSA) is 106 Å². The van der Waals surface area contributed by atoms with Gasteiger partial charge >= 0.3 is 0 Å². The summed E-state index contributed by atoms with van der Waals surface area (Å²) in [7, 11) is 1.64. The number of amides is 2. The second-order valence-electron chi connectivity index (χ2n) is 8.88. The lowest BCUT2D eigenvalue weighted by Gasteiger charge is -2.24. The summed E-state index contributed by atoms with van der Waals surface area (Å²) in [5.74, 6) is 0.922. The number of carbonyl (C=O) groups excluding carboxylic acids is 2. The van der Waals surface area contributed by atoms with Gasteiger partial charge in [-0.15, -0.1) is 0 Å². The Morgan fingerprint density at radius 3 is 2.56 bits per heavy atom. The molecule has 1 N–H and O–H groups in total. The van der Waals surface area contributed by atoms with Crippen molar-refractivity contribution in [1.82, 2.24) is 10.2 Å². The maximum absolute atomic E-state index is 13.2.